The van der Waals surface area contributed by atoms with Crippen LogP contribution in [-0.4, -0.2) is 16.2 Å². The lowest BCUT2D eigenvalue weighted by molar-refractivity contribution is -0.144. The van der Waals surface area contributed by atoms with Gasteiger partial charge in [0.05, 0.1) is 12.0 Å². The zero-order valence-corrected chi connectivity index (χ0v) is 9.84. The first-order valence-corrected chi connectivity index (χ1v) is 5.41. The molecule has 0 heterocycles. The average molecular weight is 222 g/mol. The van der Waals surface area contributed by atoms with E-state index in [2.05, 4.69) is 0 Å². The fourth-order valence-electron chi connectivity index (χ4n) is 1.66. The molecule has 0 aliphatic rings. The highest BCUT2D eigenvalue weighted by atomic mass is 16.4. The fraction of sp³-hybridized carbons (Fsp3) is 0.462. The smallest absolute Gasteiger partial charge is 0.306 e. The molecule has 0 spiro atoms. The molecule has 3 atom stereocenters. The number of aliphatic carboxylic acids is 1. The Kier molecular flexibility index (Phi) is 4.07. The molecular weight excluding hydrogens is 204 g/mol. The van der Waals surface area contributed by atoms with Crippen LogP contribution in [0.3, 0.4) is 0 Å². The maximum atomic E-state index is 10.8. The lowest BCUT2D eigenvalue weighted by Gasteiger charge is -2.22. The molecule has 3 heteroatoms. The predicted molar refractivity (Wildman–Crippen MR) is 62.1 cm³/mol. The Morgan fingerprint density at radius 1 is 1.31 bits per heavy atom. The highest BCUT2D eigenvalue weighted by Crippen LogP contribution is 2.28. The van der Waals surface area contributed by atoms with E-state index in [-0.39, 0.29) is 5.92 Å². The molecule has 1 aromatic carbocycles. The van der Waals surface area contributed by atoms with E-state index >= 15 is 0 Å². The van der Waals surface area contributed by atoms with Crippen molar-refractivity contribution in [2.45, 2.75) is 26.9 Å². The minimum Gasteiger partial charge on any atom is -0.481 e. The molecule has 0 radical (unpaired) electrons. The number of aliphatic hydroxyl groups excluding tert-OH is 1. The lowest BCUT2D eigenvalue weighted by Crippen LogP contribution is -2.23. The molecule has 3 nitrogen and oxygen atoms in total. The van der Waals surface area contributed by atoms with Crippen LogP contribution in [0.15, 0.2) is 24.3 Å². The second kappa shape index (κ2) is 5.12. The van der Waals surface area contributed by atoms with Crippen molar-refractivity contribution in [3.05, 3.63) is 35.4 Å². The first kappa shape index (κ1) is 12.7. The Morgan fingerprint density at radius 3 is 2.44 bits per heavy atom. The molecule has 3 unspecified atom stereocenters. The number of carboxylic acid groups (broad SMARTS) is 1. The van der Waals surface area contributed by atoms with Gasteiger partial charge in [-0.2, -0.15) is 0 Å². The van der Waals surface area contributed by atoms with E-state index in [9.17, 15) is 9.90 Å². The van der Waals surface area contributed by atoms with Crippen molar-refractivity contribution < 1.29 is 15.0 Å². The molecule has 88 valence electrons. The molecule has 16 heavy (non-hydrogen) atoms. The van der Waals surface area contributed by atoms with Gasteiger partial charge in [-0.1, -0.05) is 43.7 Å². The Balaban J connectivity index is 2.85. The van der Waals surface area contributed by atoms with Crippen molar-refractivity contribution in [3.63, 3.8) is 0 Å². The summed E-state index contributed by atoms with van der Waals surface area (Å²) in [4.78, 5) is 10.8. The van der Waals surface area contributed by atoms with Gasteiger partial charge in [-0.3, -0.25) is 4.79 Å². The lowest BCUT2D eigenvalue weighted by atomic mass is 9.87. The summed E-state index contributed by atoms with van der Waals surface area (Å²) in [6, 6.07) is 7.52. The number of carbonyl (C=O) groups is 1. The Hall–Kier alpha value is -1.35. The quantitative estimate of drug-likeness (QED) is 0.822. The fourth-order valence-corrected chi connectivity index (χ4v) is 1.66. The third-order valence-corrected chi connectivity index (χ3v) is 3.06. The number of aliphatic hydroxyl groups is 1. The van der Waals surface area contributed by atoms with Crippen LogP contribution in [0.2, 0.25) is 0 Å². The van der Waals surface area contributed by atoms with Crippen molar-refractivity contribution >= 4 is 5.97 Å². The first-order valence-electron chi connectivity index (χ1n) is 5.41. The zero-order chi connectivity index (χ0) is 12.3. The van der Waals surface area contributed by atoms with E-state index in [1.807, 2.05) is 31.2 Å². The summed E-state index contributed by atoms with van der Waals surface area (Å²) >= 11 is 0. The summed E-state index contributed by atoms with van der Waals surface area (Å²) in [5.74, 6) is -1.74. The zero-order valence-electron chi connectivity index (χ0n) is 9.84. The molecule has 0 saturated heterocycles. The largest absolute Gasteiger partial charge is 0.481 e. The molecular formula is C13H18O3. The second-order valence-corrected chi connectivity index (χ2v) is 4.35. The van der Waals surface area contributed by atoms with Gasteiger partial charge in [0, 0.05) is 0 Å². The van der Waals surface area contributed by atoms with Crippen LogP contribution in [0.1, 0.15) is 31.1 Å². The van der Waals surface area contributed by atoms with Crippen LogP contribution in [-0.2, 0) is 4.79 Å². The molecule has 0 fully saturated rings. The van der Waals surface area contributed by atoms with Gasteiger partial charge in [-0.25, -0.2) is 0 Å². The third-order valence-electron chi connectivity index (χ3n) is 3.06. The van der Waals surface area contributed by atoms with Crippen LogP contribution < -0.4 is 0 Å². The van der Waals surface area contributed by atoms with E-state index in [0.29, 0.717) is 0 Å². The van der Waals surface area contributed by atoms with Gasteiger partial charge in [-0.05, 0) is 18.4 Å². The monoisotopic (exact) mass is 222 g/mol. The van der Waals surface area contributed by atoms with Crippen LogP contribution in [0.25, 0.3) is 0 Å². The number of carboxylic acids is 1. The van der Waals surface area contributed by atoms with Gasteiger partial charge >= 0.3 is 5.97 Å². The molecule has 0 aliphatic carbocycles. The molecule has 0 aliphatic heterocycles. The van der Waals surface area contributed by atoms with Crippen molar-refractivity contribution in [1.29, 1.82) is 0 Å². The van der Waals surface area contributed by atoms with E-state index in [1.54, 1.807) is 13.8 Å². The van der Waals surface area contributed by atoms with E-state index in [0.717, 1.165) is 11.1 Å². The van der Waals surface area contributed by atoms with E-state index < -0.39 is 18.0 Å². The number of hydrogen-bond acceptors (Lipinski definition) is 2. The summed E-state index contributed by atoms with van der Waals surface area (Å²) in [6.07, 6.45) is -0.731. The molecule has 2 N–H and O–H groups in total. The summed E-state index contributed by atoms with van der Waals surface area (Å²) in [5.41, 5.74) is 1.84. The van der Waals surface area contributed by atoms with Gasteiger partial charge in [0.25, 0.3) is 0 Å². The molecule has 0 aromatic heterocycles. The minimum absolute atomic E-state index is 0.306. The van der Waals surface area contributed by atoms with E-state index in [4.69, 9.17) is 5.11 Å². The highest BCUT2D eigenvalue weighted by Gasteiger charge is 2.26. The summed E-state index contributed by atoms with van der Waals surface area (Å²) in [5, 5.41) is 19.0. The molecule has 0 amide bonds. The van der Waals surface area contributed by atoms with Crippen LogP contribution >= 0.6 is 0 Å². The van der Waals surface area contributed by atoms with Crippen molar-refractivity contribution in [2.24, 2.45) is 11.8 Å². The van der Waals surface area contributed by atoms with E-state index in [1.165, 1.54) is 0 Å². The van der Waals surface area contributed by atoms with Gasteiger partial charge in [0.1, 0.15) is 0 Å². The molecule has 0 bridgehead atoms. The average Bonchev–Trinajstić information content (AvgIpc) is 2.26. The van der Waals surface area contributed by atoms with Gasteiger partial charge < -0.3 is 10.2 Å². The first-order chi connectivity index (χ1) is 7.43. The van der Waals surface area contributed by atoms with Crippen molar-refractivity contribution in [3.8, 4) is 0 Å². The van der Waals surface area contributed by atoms with Crippen LogP contribution in [0.4, 0.5) is 0 Å². The standard InChI is InChI=1S/C13H18O3/c1-8-5-4-6-11(7-8)12(14)9(2)10(3)13(15)16/h4-7,9-10,12,14H,1-3H3,(H,15,16). The van der Waals surface area contributed by atoms with Crippen molar-refractivity contribution in [1.82, 2.24) is 0 Å². The van der Waals surface area contributed by atoms with Gasteiger partial charge in [0.2, 0.25) is 0 Å². The SMILES string of the molecule is Cc1cccc(C(O)C(C)C(C)C(=O)O)c1. The van der Waals surface area contributed by atoms with Crippen LogP contribution in [0.5, 0.6) is 0 Å². The summed E-state index contributed by atoms with van der Waals surface area (Å²) in [6.45, 7) is 5.32. The van der Waals surface area contributed by atoms with Crippen LogP contribution in [0, 0.1) is 18.8 Å². The predicted octanol–water partition coefficient (Wildman–Crippen LogP) is 2.39. The summed E-state index contributed by atoms with van der Waals surface area (Å²) in [7, 11) is 0. The second-order valence-electron chi connectivity index (χ2n) is 4.35. The number of hydrogen-bond donors (Lipinski definition) is 2. The topological polar surface area (TPSA) is 57.5 Å². The third kappa shape index (κ3) is 2.83. The molecule has 1 aromatic rings. The van der Waals surface area contributed by atoms with Gasteiger partial charge in [-0.15, -0.1) is 0 Å². The maximum Gasteiger partial charge on any atom is 0.306 e. The van der Waals surface area contributed by atoms with Gasteiger partial charge in [0.15, 0.2) is 0 Å². The van der Waals surface area contributed by atoms with Crippen molar-refractivity contribution in [2.75, 3.05) is 0 Å². The maximum absolute atomic E-state index is 10.8. The highest BCUT2D eigenvalue weighted by molar-refractivity contribution is 5.69. The molecule has 1 rings (SSSR count). The Morgan fingerprint density at radius 2 is 1.94 bits per heavy atom. The number of benzene rings is 1. The number of rotatable bonds is 4. The molecule has 0 saturated carbocycles. The Bertz CT molecular complexity index is 373. The summed E-state index contributed by atoms with van der Waals surface area (Å²) < 4.78 is 0. The number of aryl methyl sites for hydroxylation is 1. The minimum atomic E-state index is -0.876. The normalized spacial score (nSPS) is 16.5. The Labute approximate surface area is 95.7 Å².